The Bertz CT molecular complexity index is 576. The first kappa shape index (κ1) is 15.4. The van der Waals surface area contributed by atoms with Gasteiger partial charge in [-0.05, 0) is 22.0 Å². The van der Waals surface area contributed by atoms with Crippen molar-refractivity contribution in [1.29, 1.82) is 0 Å². The summed E-state index contributed by atoms with van der Waals surface area (Å²) in [6, 6.07) is 1.27. The van der Waals surface area contributed by atoms with Crippen LogP contribution in [0.4, 0.5) is 11.4 Å². The molecule has 0 bridgehead atoms. The van der Waals surface area contributed by atoms with Crippen LogP contribution < -0.4 is 5.32 Å². The van der Waals surface area contributed by atoms with Crippen LogP contribution in [0.1, 0.15) is 17.3 Å². The maximum atomic E-state index is 11.6. The second-order valence-electron chi connectivity index (χ2n) is 3.37. The number of benzene rings is 1. The fourth-order valence-electron chi connectivity index (χ4n) is 1.38. The number of amides is 1. The van der Waals surface area contributed by atoms with Crippen LogP contribution in [0, 0.1) is 10.1 Å². The third-order valence-corrected chi connectivity index (χ3v) is 3.00. The lowest BCUT2D eigenvalue weighted by Crippen LogP contribution is -2.13. The Hall–Kier alpha value is -1.67. The molecule has 0 spiro atoms. The van der Waals surface area contributed by atoms with Crippen LogP contribution in [0.25, 0.3) is 0 Å². The molecule has 0 heterocycles. The minimum atomic E-state index is -0.962. The quantitative estimate of drug-likeness (QED) is 0.513. The molecule has 0 fully saturated rings. The van der Waals surface area contributed by atoms with Crippen LogP contribution in [0.3, 0.4) is 0 Å². The predicted molar refractivity (Wildman–Crippen MR) is 71.4 cm³/mol. The first-order valence-corrected chi connectivity index (χ1v) is 5.99. The summed E-state index contributed by atoms with van der Waals surface area (Å²) in [4.78, 5) is 32.9. The molecule has 1 aromatic carbocycles. The number of methoxy groups -OCH3 is 1. The van der Waals surface area contributed by atoms with Crippen molar-refractivity contribution < 1.29 is 19.2 Å². The average molecular weight is 352 g/mol. The SMILES string of the molecule is COC(=O)c1c(Cl)cc(Br)c(NC(C)=O)c1[N+](=O)[O-]. The molecular formula is C10H8BrClN2O5. The molecule has 0 aliphatic heterocycles. The van der Waals surface area contributed by atoms with Crippen molar-refractivity contribution in [3.05, 3.63) is 31.2 Å². The van der Waals surface area contributed by atoms with E-state index in [1.165, 1.54) is 13.0 Å². The molecule has 1 aromatic rings. The maximum Gasteiger partial charge on any atom is 0.346 e. The average Bonchev–Trinajstić information content (AvgIpc) is 2.30. The van der Waals surface area contributed by atoms with Crippen LogP contribution in [-0.2, 0) is 9.53 Å². The van der Waals surface area contributed by atoms with Gasteiger partial charge in [0.15, 0.2) is 5.56 Å². The number of halogens is 2. The number of carbonyl (C=O) groups excluding carboxylic acids is 2. The Morgan fingerprint density at radius 3 is 2.53 bits per heavy atom. The number of nitrogens with zero attached hydrogens (tertiary/aromatic N) is 1. The zero-order valence-electron chi connectivity index (χ0n) is 9.82. The molecule has 1 amide bonds. The van der Waals surface area contributed by atoms with Crippen LogP contribution in [-0.4, -0.2) is 23.9 Å². The zero-order valence-corrected chi connectivity index (χ0v) is 12.2. The summed E-state index contributed by atoms with van der Waals surface area (Å²) in [5.41, 5.74) is -1.19. The largest absolute Gasteiger partial charge is 0.465 e. The van der Waals surface area contributed by atoms with Crippen molar-refractivity contribution in [2.45, 2.75) is 6.92 Å². The molecule has 0 saturated carbocycles. The van der Waals surface area contributed by atoms with Gasteiger partial charge in [-0.2, -0.15) is 0 Å². The number of nitrogens with one attached hydrogen (secondary N) is 1. The standard InChI is InChI=1S/C10H8BrClN2O5/c1-4(15)13-8-5(11)3-6(12)7(10(16)19-2)9(8)14(17)18/h3H,1-2H3,(H,13,15). The molecule has 19 heavy (non-hydrogen) atoms. The zero-order chi connectivity index (χ0) is 14.7. The fraction of sp³-hybridized carbons (Fsp3) is 0.200. The molecule has 0 atom stereocenters. The van der Waals surface area contributed by atoms with Crippen LogP contribution in [0.5, 0.6) is 0 Å². The van der Waals surface area contributed by atoms with E-state index in [0.717, 1.165) is 7.11 Å². The number of hydrogen-bond acceptors (Lipinski definition) is 5. The smallest absolute Gasteiger partial charge is 0.346 e. The lowest BCUT2D eigenvalue weighted by Gasteiger charge is -2.10. The molecule has 0 unspecified atom stereocenters. The van der Waals surface area contributed by atoms with Gasteiger partial charge in [0, 0.05) is 11.4 Å². The van der Waals surface area contributed by atoms with E-state index in [9.17, 15) is 19.7 Å². The fourth-order valence-corrected chi connectivity index (χ4v) is 2.30. The number of nitro groups is 1. The van der Waals surface area contributed by atoms with Crippen molar-refractivity contribution in [2.75, 3.05) is 12.4 Å². The Balaban J connectivity index is 3.67. The molecule has 7 nitrogen and oxygen atoms in total. The Kier molecular flexibility index (Phi) is 4.84. The normalized spacial score (nSPS) is 9.89. The predicted octanol–water partition coefficient (Wildman–Crippen LogP) is 2.76. The molecule has 9 heteroatoms. The van der Waals surface area contributed by atoms with Gasteiger partial charge in [-0.1, -0.05) is 11.6 Å². The summed E-state index contributed by atoms with van der Waals surface area (Å²) in [6.45, 7) is 1.18. The first-order valence-electron chi connectivity index (χ1n) is 4.81. The van der Waals surface area contributed by atoms with Gasteiger partial charge in [0.2, 0.25) is 5.91 Å². The summed E-state index contributed by atoms with van der Waals surface area (Å²) >= 11 is 8.86. The van der Waals surface area contributed by atoms with E-state index in [2.05, 4.69) is 26.0 Å². The third kappa shape index (κ3) is 3.21. The molecule has 102 valence electrons. The molecule has 1 N–H and O–H groups in total. The minimum Gasteiger partial charge on any atom is -0.465 e. The van der Waals surface area contributed by atoms with Gasteiger partial charge in [-0.25, -0.2) is 4.79 Å². The van der Waals surface area contributed by atoms with Crippen molar-refractivity contribution in [1.82, 2.24) is 0 Å². The molecule has 1 rings (SSSR count). The van der Waals surface area contributed by atoms with Gasteiger partial charge < -0.3 is 10.1 Å². The van der Waals surface area contributed by atoms with Gasteiger partial charge in [0.1, 0.15) is 5.69 Å². The molecule has 0 saturated heterocycles. The number of anilines is 1. The van der Waals surface area contributed by atoms with Crippen LogP contribution in [0.2, 0.25) is 5.02 Å². The lowest BCUT2D eigenvalue weighted by atomic mass is 10.1. The Morgan fingerprint density at radius 2 is 2.11 bits per heavy atom. The van der Waals surface area contributed by atoms with Crippen molar-refractivity contribution in [3.63, 3.8) is 0 Å². The summed E-state index contributed by atoms with van der Waals surface area (Å²) in [6.07, 6.45) is 0. The highest BCUT2D eigenvalue weighted by Gasteiger charge is 2.31. The number of rotatable bonds is 3. The van der Waals surface area contributed by atoms with Crippen molar-refractivity contribution in [2.24, 2.45) is 0 Å². The molecular weight excluding hydrogens is 343 g/mol. The van der Waals surface area contributed by atoms with Gasteiger partial charge in [-0.3, -0.25) is 14.9 Å². The van der Waals surface area contributed by atoms with E-state index in [-0.39, 0.29) is 15.2 Å². The maximum absolute atomic E-state index is 11.6. The van der Waals surface area contributed by atoms with Crippen molar-refractivity contribution in [3.8, 4) is 0 Å². The Labute approximate surface area is 121 Å². The van der Waals surface area contributed by atoms with E-state index in [1.54, 1.807) is 0 Å². The first-order chi connectivity index (χ1) is 8.79. The number of nitro benzene ring substituents is 1. The van der Waals surface area contributed by atoms with Gasteiger partial charge in [0.25, 0.3) is 0 Å². The number of carbonyl (C=O) groups is 2. The summed E-state index contributed by atoms with van der Waals surface area (Å²) in [5.74, 6) is -1.49. The number of hydrogen-bond donors (Lipinski definition) is 1. The highest BCUT2D eigenvalue weighted by atomic mass is 79.9. The van der Waals surface area contributed by atoms with E-state index in [1.807, 2.05) is 0 Å². The van der Waals surface area contributed by atoms with Crippen LogP contribution in [0.15, 0.2) is 10.5 Å². The van der Waals surface area contributed by atoms with Gasteiger partial charge in [-0.15, -0.1) is 0 Å². The van der Waals surface area contributed by atoms with E-state index in [0.29, 0.717) is 0 Å². The monoisotopic (exact) mass is 350 g/mol. The second kappa shape index (κ2) is 5.98. The van der Waals surface area contributed by atoms with E-state index in [4.69, 9.17) is 11.6 Å². The number of ether oxygens (including phenoxy) is 1. The molecule has 0 aliphatic rings. The van der Waals surface area contributed by atoms with Gasteiger partial charge in [0.05, 0.1) is 17.1 Å². The lowest BCUT2D eigenvalue weighted by molar-refractivity contribution is -0.384. The van der Waals surface area contributed by atoms with E-state index >= 15 is 0 Å². The highest BCUT2D eigenvalue weighted by molar-refractivity contribution is 9.10. The third-order valence-electron chi connectivity index (χ3n) is 2.08. The molecule has 0 aliphatic carbocycles. The number of esters is 1. The van der Waals surface area contributed by atoms with E-state index < -0.39 is 28.1 Å². The molecule has 0 radical (unpaired) electrons. The topological polar surface area (TPSA) is 98.5 Å². The van der Waals surface area contributed by atoms with Crippen LogP contribution >= 0.6 is 27.5 Å². The van der Waals surface area contributed by atoms with Crippen molar-refractivity contribution >= 4 is 50.8 Å². The Morgan fingerprint density at radius 1 is 1.53 bits per heavy atom. The highest BCUT2D eigenvalue weighted by Crippen LogP contribution is 2.40. The second-order valence-corrected chi connectivity index (χ2v) is 4.63. The molecule has 0 aromatic heterocycles. The minimum absolute atomic E-state index is 0.151. The summed E-state index contributed by atoms with van der Waals surface area (Å²) < 4.78 is 4.64. The van der Waals surface area contributed by atoms with Gasteiger partial charge >= 0.3 is 11.7 Å². The summed E-state index contributed by atoms with van der Waals surface area (Å²) in [5, 5.41) is 13.2. The summed E-state index contributed by atoms with van der Waals surface area (Å²) in [7, 11) is 1.07.